The zero-order valence-corrected chi connectivity index (χ0v) is 14.2. The lowest BCUT2D eigenvalue weighted by atomic mass is 10.1. The highest BCUT2D eigenvalue weighted by Gasteiger charge is 2.16. The molecule has 21 heavy (non-hydrogen) atoms. The average molecular weight is 293 g/mol. The number of hydrogen-bond acceptors (Lipinski definition) is 3. The molecule has 5 heteroatoms. The molecule has 0 aliphatic carbocycles. The third-order valence-corrected chi connectivity index (χ3v) is 3.03. The lowest BCUT2D eigenvalue weighted by Gasteiger charge is -2.19. The lowest BCUT2D eigenvalue weighted by Crippen LogP contribution is -2.32. The molecule has 0 fully saturated rings. The molecule has 5 nitrogen and oxygen atoms in total. The van der Waals surface area contributed by atoms with Crippen LogP contribution in [0.3, 0.4) is 0 Å². The summed E-state index contributed by atoms with van der Waals surface area (Å²) in [6.07, 6.45) is 3.58. The van der Waals surface area contributed by atoms with E-state index in [4.69, 9.17) is 4.74 Å². The number of imidazole rings is 1. The van der Waals surface area contributed by atoms with Gasteiger partial charge < -0.3 is 14.6 Å². The fourth-order valence-corrected chi connectivity index (χ4v) is 1.61. The Morgan fingerprint density at radius 1 is 1.48 bits per heavy atom. The molecule has 1 heterocycles. The summed E-state index contributed by atoms with van der Waals surface area (Å²) < 4.78 is 7.18. The number of hydrogen-bond donors (Lipinski definition) is 1. The van der Waals surface area contributed by atoms with E-state index in [9.17, 15) is 4.79 Å². The minimum absolute atomic E-state index is 0.358. The van der Waals surface area contributed by atoms with Gasteiger partial charge in [0.25, 0.3) is 0 Å². The van der Waals surface area contributed by atoms with Crippen LogP contribution in [0.15, 0.2) is 11.8 Å². The van der Waals surface area contributed by atoms with Gasteiger partial charge in [0.15, 0.2) is 0 Å². The van der Waals surface area contributed by atoms with E-state index in [1.807, 2.05) is 38.5 Å². The molecule has 0 atom stereocenters. The maximum atomic E-state index is 11.6. The minimum Gasteiger partial charge on any atom is -0.444 e. The Labute approximate surface area is 127 Å². The highest BCUT2D eigenvalue weighted by molar-refractivity contribution is 5.67. The molecule has 0 spiro atoms. The van der Waals surface area contributed by atoms with Crippen LogP contribution in [0.4, 0.5) is 4.79 Å². The van der Waals surface area contributed by atoms with Gasteiger partial charge in [-0.05, 0) is 40.5 Å². The predicted octanol–water partition coefficient (Wildman–Crippen LogP) is 3.73. The van der Waals surface area contributed by atoms with E-state index in [0.29, 0.717) is 12.5 Å². The van der Waals surface area contributed by atoms with E-state index in [1.54, 1.807) is 0 Å². The van der Waals surface area contributed by atoms with Crippen LogP contribution < -0.4 is 5.32 Å². The third-order valence-electron chi connectivity index (χ3n) is 3.03. The van der Waals surface area contributed by atoms with Crippen molar-refractivity contribution in [2.45, 2.75) is 60.6 Å². The van der Waals surface area contributed by atoms with Gasteiger partial charge in [-0.25, -0.2) is 9.78 Å². The van der Waals surface area contributed by atoms with E-state index in [-0.39, 0.29) is 0 Å². The van der Waals surface area contributed by atoms with Crippen molar-refractivity contribution in [3.8, 4) is 0 Å². The Kier molecular flexibility index (Phi) is 5.58. The molecule has 0 aliphatic heterocycles. The van der Waals surface area contributed by atoms with Gasteiger partial charge in [0, 0.05) is 12.4 Å². The van der Waals surface area contributed by atoms with Crippen molar-refractivity contribution < 1.29 is 9.53 Å². The van der Waals surface area contributed by atoms with Crippen molar-refractivity contribution in [2.75, 3.05) is 0 Å². The number of allylic oxidation sites excluding steroid dienone is 1. The molecule has 1 N–H and O–H groups in total. The molecule has 0 aliphatic rings. The highest BCUT2D eigenvalue weighted by Crippen LogP contribution is 2.12. The highest BCUT2D eigenvalue weighted by atomic mass is 16.6. The number of ether oxygens (including phenoxy) is 1. The van der Waals surface area contributed by atoms with Crippen LogP contribution >= 0.6 is 0 Å². The Balaban J connectivity index is 2.67. The number of nitrogens with zero attached hydrogens (tertiary/aromatic N) is 2. The predicted molar refractivity (Wildman–Crippen MR) is 84.8 cm³/mol. The normalized spacial score (nSPS) is 12.7. The molecule has 1 rings (SSSR count). The van der Waals surface area contributed by atoms with Crippen LogP contribution in [0.25, 0.3) is 6.20 Å². The molecule has 1 amide bonds. The first-order valence-electron chi connectivity index (χ1n) is 7.28. The van der Waals surface area contributed by atoms with Gasteiger partial charge in [-0.3, -0.25) is 0 Å². The van der Waals surface area contributed by atoms with Crippen molar-refractivity contribution in [3.05, 3.63) is 23.3 Å². The second-order valence-corrected chi connectivity index (χ2v) is 6.57. The van der Waals surface area contributed by atoms with Gasteiger partial charge in [0.2, 0.25) is 0 Å². The summed E-state index contributed by atoms with van der Waals surface area (Å²) in [6, 6.07) is 0. The summed E-state index contributed by atoms with van der Waals surface area (Å²) in [5.41, 5.74) is 1.60. The van der Waals surface area contributed by atoms with Crippen LogP contribution in [-0.2, 0) is 11.3 Å². The zero-order chi connectivity index (χ0) is 16.2. The number of rotatable bonds is 4. The van der Waals surface area contributed by atoms with Gasteiger partial charge >= 0.3 is 6.09 Å². The Morgan fingerprint density at radius 2 is 2.10 bits per heavy atom. The molecule has 0 bridgehead atoms. The Hall–Kier alpha value is -1.78. The van der Waals surface area contributed by atoms with Crippen molar-refractivity contribution >= 4 is 12.3 Å². The molecule has 1 aromatic heterocycles. The number of nitrogens with one attached hydrogen (secondary N) is 1. The molecule has 0 saturated carbocycles. The lowest BCUT2D eigenvalue weighted by molar-refractivity contribution is 0.0523. The molecular weight excluding hydrogens is 266 g/mol. The number of aromatic nitrogens is 2. The Morgan fingerprint density at radius 3 is 2.62 bits per heavy atom. The minimum atomic E-state index is -0.490. The van der Waals surface area contributed by atoms with E-state index < -0.39 is 11.7 Å². The topological polar surface area (TPSA) is 56.2 Å². The van der Waals surface area contributed by atoms with Crippen molar-refractivity contribution in [1.29, 1.82) is 0 Å². The standard InChI is InChI=1S/C16H27N3O2/c1-11(2)12(3)9-19-10-14(18-13(19)4)8-17-15(20)21-16(5,6)7/h9-11H,8H2,1-7H3,(H,17,20)/b12-9+. The van der Waals surface area contributed by atoms with E-state index in [1.165, 1.54) is 5.57 Å². The van der Waals surface area contributed by atoms with Crippen molar-refractivity contribution in [3.63, 3.8) is 0 Å². The summed E-state index contributed by atoms with van der Waals surface area (Å²) in [7, 11) is 0. The van der Waals surface area contributed by atoms with Gasteiger partial charge in [0.05, 0.1) is 12.2 Å². The summed E-state index contributed by atoms with van der Waals surface area (Å²) in [6.45, 7) is 14.2. The maximum Gasteiger partial charge on any atom is 0.407 e. The fraction of sp³-hybridized carbons (Fsp3) is 0.625. The first-order chi connectivity index (χ1) is 9.58. The number of aryl methyl sites for hydroxylation is 1. The van der Waals surface area contributed by atoms with Crippen molar-refractivity contribution in [2.24, 2.45) is 5.92 Å². The number of carbonyl (C=O) groups excluding carboxylic acids is 1. The Bertz CT molecular complexity index is 522. The molecule has 0 unspecified atom stereocenters. The molecule has 118 valence electrons. The van der Waals surface area contributed by atoms with Gasteiger partial charge in [-0.1, -0.05) is 19.4 Å². The number of alkyl carbamates (subject to hydrolysis) is 1. The van der Waals surface area contributed by atoms with Crippen LogP contribution in [0, 0.1) is 12.8 Å². The first kappa shape index (κ1) is 17.3. The molecule has 1 aromatic rings. The van der Waals surface area contributed by atoms with E-state index in [2.05, 4.69) is 37.3 Å². The van der Waals surface area contributed by atoms with Gasteiger partial charge in [-0.15, -0.1) is 0 Å². The molecule has 0 radical (unpaired) electrons. The summed E-state index contributed by atoms with van der Waals surface area (Å²) >= 11 is 0. The molecule has 0 saturated heterocycles. The second kappa shape index (κ2) is 6.78. The van der Waals surface area contributed by atoms with Gasteiger partial charge in [0.1, 0.15) is 11.4 Å². The maximum absolute atomic E-state index is 11.6. The van der Waals surface area contributed by atoms with Crippen molar-refractivity contribution in [1.82, 2.24) is 14.9 Å². The first-order valence-corrected chi connectivity index (χ1v) is 7.28. The third kappa shape index (κ3) is 6.02. The van der Waals surface area contributed by atoms with Gasteiger partial charge in [-0.2, -0.15) is 0 Å². The second-order valence-electron chi connectivity index (χ2n) is 6.57. The van der Waals surface area contributed by atoms with Crippen LogP contribution in [0.2, 0.25) is 0 Å². The molecular formula is C16H27N3O2. The van der Waals surface area contributed by atoms with Crippen LogP contribution in [0.1, 0.15) is 53.1 Å². The number of amides is 1. The summed E-state index contributed by atoms with van der Waals surface area (Å²) in [5, 5.41) is 2.71. The monoisotopic (exact) mass is 293 g/mol. The largest absolute Gasteiger partial charge is 0.444 e. The fourth-order valence-electron chi connectivity index (χ4n) is 1.61. The smallest absolute Gasteiger partial charge is 0.407 e. The van der Waals surface area contributed by atoms with Crippen LogP contribution in [0.5, 0.6) is 0 Å². The zero-order valence-electron chi connectivity index (χ0n) is 14.2. The SMILES string of the molecule is C/C(=C\n1cc(CNC(=O)OC(C)(C)C)nc1C)C(C)C. The average Bonchev–Trinajstić information content (AvgIpc) is 2.65. The molecule has 0 aromatic carbocycles. The summed E-state index contributed by atoms with van der Waals surface area (Å²) in [5.74, 6) is 1.39. The van der Waals surface area contributed by atoms with Crippen LogP contribution in [-0.4, -0.2) is 21.2 Å². The quantitative estimate of drug-likeness (QED) is 0.920. The van der Waals surface area contributed by atoms with E-state index in [0.717, 1.165) is 11.5 Å². The van der Waals surface area contributed by atoms with E-state index >= 15 is 0 Å². The number of carbonyl (C=O) groups is 1. The summed E-state index contributed by atoms with van der Waals surface area (Å²) in [4.78, 5) is 16.1.